The number of hydrogen-bond acceptors (Lipinski definition) is 6. The topological polar surface area (TPSA) is 112 Å². The van der Waals surface area contributed by atoms with Crippen molar-refractivity contribution >= 4 is 28.9 Å². The zero-order chi connectivity index (χ0) is 20.6. The lowest BCUT2D eigenvalue weighted by atomic mass is 10.00. The number of ketones is 1. The molecule has 0 atom stereocenters. The van der Waals surface area contributed by atoms with E-state index in [9.17, 15) is 14.0 Å². The van der Waals surface area contributed by atoms with Crippen LogP contribution in [-0.2, 0) is 4.74 Å². The quantitative estimate of drug-likeness (QED) is 0.666. The first-order valence-electron chi connectivity index (χ1n) is 8.49. The smallest absolute Gasteiger partial charge is 0.412 e. The summed E-state index contributed by atoms with van der Waals surface area (Å²) >= 11 is 0. The van der Waals surface area contributed by atoms with Crippen molar-refractivity contribution < 1.29 is 18.7 Å². The van der Waals surface area contributed by atoms with Crippen LogP contribution >= 0.6 is 0 Å². The van der Waals surface area contributed by atoms with Crippen LogP contribution in [0.2, 0.25) is 0 Å². The highest BCUT2D eigenvalue weighted by Crippen LogP contribution is 2.34. The number of nitrogens with zero attached hydrogens (tertiary/aromatic N) is 3. The number of ether oxygens (including phenoxy) is 1. The average molecular weight is 385 g/mol. The molecule has 0 bridgehead atoms. The zero-order valence-electron chi connectivity index (χ0n) is 15.9. The maximum atomic E-state index is 14.6. The Balaban J connectivity index is 2.04. The number of carbonyl (C=O) groups is 2. The van der Waals surface area contributed by atoms with Crippen LogP contribution in [0, 0.1) is 5.82 Å². The molecule has 3 N–H and O–H groups in total. The van der Waals surface area contributed by atoms with Crippen LogP contribution < -0.4 is 11.1 Å². The van der Waals surface area contributed by atoms with Gasteiger partial charge in [0.1, 0.15) is 23.3 Å². The number of amides is 1. The Morgan fingerprint density at radius 2 is 2.00 bits per heavy atom. The van der Waals surface area contributed by atoms with Crippen LogP contribution in [0.3, 0.4) is 0 Å². The van der Waals surface area contributed by atoms with Crippen molar-refractivity contribution in [1.29, 1.82) is 0 Å². The highest BCUT2D eigenvalue weighted by atomic mass is 19.1. The molecule has 2 aromatic heterocycles. The number of halogens is 1. The average Bonchev–Trinajstić information content (AvgIpc) is 2.96. The molecule has 3 rings (SSSR count). The zero-order valence-corrected chi connectivity index (χ0v) is 15.9. The second-order valence-corrected chi connectivity index (χ2v) is 7.23. The Bertz CT molecular complexity index is 1090. The van der Waals surface area contributed by atoms with Gasteiger partial charge in [0.2, 0.25) is 0 Å². The molecule has 0 saturated carbocycles. The predicted molar refractivity (Wildman–Crippen MR) is 103 cm³/mol. The van der Waals surface area contributed by atoms with E-state index in [1.54, 1.807) is 26.8 Å². The lowest BCUT2D eigenvalue weighted by Gasteiger charge is -2.20. The highest BCUT2D eigenvalue weighted by molar-refractivity contribution is 6.07. The highest BCUT2D eigenvalue weighted by Gasteiger charge is 2.21. The summed E-state index contributed by atoms with van der Waals surface area (Å²) < 4.78 is 21.2. The molecule has 3 aromatic rings. The van der Waals surface area contributed by atoms with E-state index in [0.29, 0.717) is 22.2 Å². The molecule has 1 amide bonds. The van der Waals surface area contributed by atoms with Crippen LogP contribution in [0.4, 0.5) is 20.7 Å². The molecule has 8 nitrogen and oxygen atoms in total. The summed E-state index contributed by atoms with van der Waals surface area (Å²) in [5, 5.41) is 6.42. The second-order valence-electron chi connectivity index (χ2n) is 7.23. The Hall–Kier alpha value is -3.49. The van der Waals surface area contributed by atoms with Gasteiger partial charge in [-0.05, 0) is 45.4 Å². The molecule has 0 aliphatic heterocycles. The fraction of sp³-hybridized carbons (Fsp3) is 0.263. The molecule has 1 aromatic carbocycles. The van der Waals surface area contributed by atoms with Crippen molar-refractivity contribution in [3.63, 3.8) is 0 Å². The number of carbonyl (C=O) groups excluding carboxylic acids is 2. The molecular formula is C19H20FN5O3. The summed E-state index contributed by atoms with van der Waals surface area (Å²) in [5.41, 5.74) is 6.76. The first kappa shape index (κ1) is 19.3. The molecule has 0 aliphatic carbocycles. The summed E-state index contributed by atoms with van der Waals surface area (Å²) in [7, 11) is 0. The monoisotopic (exact) mass is 385 g/mol. The van der Waals surface area contributed by atoms with Gasteiger partial charge in [0.15, 0.2) is 11.6 Å². The van der Waals surface area contributed by atoms with E-state index in [0.717, 1.165) is 0 Å². The first-order chi connectivity index (χ1) is 13.1. The van der Waals surface area contributed by atoms with E-state index < -0.39 is 17.5 Å². The second kappa shape index (κ2) is 6.91. The van der Waals surface area contributed by atoms with Crippen LogP contribution in [-0.4, -0.2) is 32.1 Å². The molecule has 0 saturated heterocycles. The fourth-order valence-corrected chi connectivity index (χ4v) is 2.78. The van der Waals surface area contributed by atoms with Gasteiger partial charge in [-0.1, -0.05) is 6.07 Å². The first-order valence-corrected chi connectivity index (χ1v) is 8.49. The van der Waals surface area contributed by atoms with Gasteiger partial charge >= 0.3 is 6.09 Å². The number of aromatic nitrogens is 3. The van der Waals surface area contributed by atoms with Crippen molar-refractivity contribution in [3.8, 4) is 11.1 Å². The number of benzene rings is 1. The molecule has 28 heavy (non-hydrogen) atoms. The van der Waals surface area contributed by atoms with Crippen molar-refractivity contribution in [3.05, 3.63) is 42.1 Å². The Morgan fingerprint density at radius 3 is 2.61 bits per heavy atom. The Morgan fingerprint density at radius 1 is 1.29 bits per heavy atom. The summed E-state index contributed by atoms with van der Waals surface area (Å²) in [4.78, 5) is 27.9. The SMILES string of the molecule is CC(=O)c1cn2ncnc(N)c2c1-c1ccc(NC(=O)OC(C)(C)C)c(F)c1. The maximum Gasteiger partial charge on any atom is 0.412 e. The minimum atomic E-state index is -0.768. The fourth-order valence-electron chi connectivity index (χ4n) is 2.78. The van der Waals surface area contributed by atoms with E-state index in [2.05, 4.69) is 15.4 Å². The number of nitrogens with one attached hydrogen (secondary N) is 1. The van der Waals surface area contributed by atoms with E-state index in [-0.39, 0.29) is 17.3 Å². The van der Waals surface area contributed by atoms with Crippen molar-refractivity contribution in [2.45, 2.75) is 33.3 Å². The van der Waals surface area contributed by atoms with Crippen molar-refractivity contribution in [2.75, 3.05) is 11.1 Å². The number of anilines is 2. The Kier molecular flexibility index (Phi) is 4.76. The molecule has 0 aliphatic rings. The van der Waals surface area contributed by atoms with Crippen LogP contribution in [0.15, 0.2) is 30.7 Å². The van der Waals surface area contributed by atoms with E-state index >= 15 is 0 Å². The number of rotatable bonds is 3. The summed E-state index contributed by atoms with van der Waals surface area (Å²) in [6.45, 7) is 6.52. The van der Waals surface area contributed by atoms with Crippen molar-refractivity contribution in [2.24, 2.45) is 0 Å². The predicted octanol–water partition coefficient (Wildman–Crippen LogP) is 3.67. The van der Waals surface area contributed by atoms with Gasteiger partial charge in [-0.25, -0.2) is 18.7 Å². The third-order valence-corrected chi connectivity index (χ3v) is 3.87. The standard InChI is InChI=1S/C19H20FN5O3/c1-10(26)12-8-25-16(17(21)22-9-23-25)15(12)11-5-6-14(13(20)7-11)24-18(27)28-19(2,3)4/h5-9H,1-4H3,(H,24,27)(H2,21,22,23). The molecule has 0 spiro atoms. The van der Waals surface area contributed by atoms with Crippen LogP contribution in [0.25, 0.3) is 16.6 Å². The minimum absolute atomic E-state index is 0.0462. The lowest BCUT2D eigenvalue weighted by molar-refractivity contribution is 0.0635. The third-order valence-electron chi connectivity index (χ3n) is 3.87. The Labute approximate surface area is 160 Å². The van der Waals surface area contributed by atoms with E-state index in [4.69, 9.17) is 10.5 Å². The van der Waals surface area contributed by atoms with Gasteiger partial charge in [-0.15, -0.1) is 0 Å². The van der Waals surface area contributed by atoms with Gasteiger partial charge in [-0.2, -0.15) is 5.10 Å². The van der Waals surface area contributed by atoms with Gasteiger partial charge in [0.25, 0.3) is 0 Å². The van der Waals surface area contributed by atoms with Crippen LogP contribution in [0.1, 0.15) is 38.1 Å². The van der Waals surface area contributed by atoms with Gasteiger partial charge in [0, 0.05) is 17.3 Å². The number of nitrogen functional groups attached to an aromatic ring is 1. The van der Waals surface area contributed by atoms with Gasteiger partial charge in [0.05, 0.1) is 5.69 Å². The summed E-state index contributed by atoms with van der Waals surface area (Å²) in [5.74, 6) is -0.752. The normalized spacial score (nSPS) is 11.5. The number of nitrogens with two attached hydrogens (primary N) is 1. The molecule has 2 heterocycles. The van der Waals surface area contributed by atoms with E-state index in [1.807, 2.05) is 0 Å². The van der Waals surface area contributed by atoms with E-state index in [1.165, 1.54) is 36.1 Å². The number of hydrogen-bond donors (Lipinski definition) is 2. The van der Waals surface area contributed by atoms with Gasteiger partial charge < -0.3 is 10.5 Å². The molecule has 0 radical (unpaired) electrons. The summed E-state index contributed by atoms with van der Waals surface area (Å²) in [6.07, 6.45) is 2.02. The van der Waals surface area contributed by atoms with Crippen molar-refractivity contribution in [1.82, 2.24) is 14.6 Å². The molecule has 0 fully saturated rings. The molecular weight excluding hydrogens is 365 g/mol. The third kappa shape index (κ3) is 3.78. The molecule has 0 unspecified atom stereocenters. The minimum Gasteiger partial charge on any atom is -0.444 e. The largest absolute Gasteiger partial charge is 0.444 e. The number of fused-ring (bicyclic) bond motifs is 1. The molecule has 146 valence electrons. The van der Waals surface area contributed by atoms with Gasteiger partial charge in [-0.3, -0.25) is 10.1 Å². The lowest BCUT2D eigenvalue weighted by Crippen LogP contribution is -2.27. The molecule has 9 heteroatoms. The summed E-state index contributed by atoms with van der Waals surface area (Å²) in [6, 6.07) is 4.17. The van der Waals surface area contributed by atoms with Crippen LogP contribution in [0.5, 0.6) is 0 Å². The number of Topliss-reactive ketones (excluding diaryl/α,β-unsaturated/α-hetero) is 1. The maximum absolute atomic E-state index is 14.6.